The van der Waals surface area contributed by atoms with E-state index in [9.17, 15) is 4.79 Å². The first-order valence-corrected chi connectivity index (χ1v) is 11.1. The van der Waals surface area contributed by atoms with Crippen LogP contribution in [0.25, 0.3) is 0 Å². The van der Waals surface area contributed by atoms with Crippen LogP contribution in [0.1, 0.15) is 45.9 Å². The van der Waals surface area contributed by atoms with E-state index in [1.165, 1.54) is 16.9 Å². The first kappa shape index (κ1) is 22.0. The standard InChI is InChI=1S/C22H26N4O2S2/c1-4-26-14-17(15(3)25-26)13-23-22(29)24-20-19(21(27)28-5-2)12-18(30-20)11-16-9-7-6-8-10-16/h6-10,12,14H,4-5,11,13H2,1-3H3,(H2,23,24,29). The van der Waals surface area contributed by atoms with Gasteiger partial charge in [-0.05, 0) is 44.6 Å². The van der Waals surface area contributed by atoms with Crippen LogP contribution in [0, 0.1) is 6.92 Å². The smallest absolute Gasteiger partial charge is 0.341 e. The van der Waals surface area contributed by atoms with Gasteiger partial charge in [0.1, 0.15) is 5.00 Å². The normalized spacial score (nSPS) is 10.6. The van der Waals surface area contributed by atoms with E-state index in [0.717, 1.165) is 29.1 Å². The third kappa shape index (κ3) is 5.67. The molecule has 3 rings (SSSR count). The van der Waals surface area contributed by atoms with E-state index in [1.807, 2.05) is 42.1 Å². The van der Waals surface area contributed by atoms with Crippen LogP contribution >= 0.6 is 23.6 Å². The highest BCUT2D eigenvalue weighted by Crippen LogP contribution is 2.30. The van der Waals surface area contributed by atoms with E-state index in [-0.39, 0.29) is 5.97 Å². The molecule has 1 aromatic carbocycles. The molecule has 0 atom stereocenters. The van der Waals surface area contributed by atoms with Gasteiger partial charge in [-0.2, -0.15) is 5.10 Å². The molecule has 2 aromatic heterocycles. The van der Waals surface area contributed by atoms with Gasteiger partial charge in [0.15, 0.2) is 5.11 Å². The Hall–Kier alpha value is -2.71. The van der Waals surface area contributed by atoms with Crippen molar-refractivity contribution in [2.24, 2.45) is 0 Å². The number of hydrogen-bond acceptors (Lipinski definition) is 5. The molecule has 0 radical (unpaired) electrons. The van der Waals surface area contributed by atoms with Crippen molar-refractivity contribution in [3.63, 3.8) is 0 Å². The number of nitrogens with zero attached hydrogens (tertiary/aromatic N) is 2. The maximum absolute atomic E-state index is 12.4. The Morgan fingerprint density at radius 3 is 2.70 bits per heavy atom. The summed E-state index contributed by atoms with van der Waals surface area (Å²) in [6.45, 7) is 7.55. The number of benzene rings is 1. The summed E-state index contributed by atoms with van der Waals surface area (Å²) in [6, 6.07) is 12.0. The maximum Gasteiger partial charge on any atom is 0.341 e. The summed E-state index contributed by atoms with van der Waals surface area (Å²) >= 11 is 6.98. The van der Waals surface area contributed by atoms with Crippen LogP contribution in [0.5, 0.6) is 0 Å². The average Bonchev–Trinajstić information content (AvgIpc) is 3.30. The highest BCUT2D eigenvalue weighted by atomic mass is 32.1. The van der Waals surface area contributed by atoms with Crippen molar-refractivity contribution < 1.29 is 9.53 Å². The molecule has 0 aliphatic rings. The SMILES string of the molecule is CCOC(=O)c1cc(Cc2ccccc2)sc1NC(=S)NCc1cn(CC)nc1C. The van der Waals surface area contributed by atoms with Crippen molar-refractivity contribution in [1.29, 1.82) is 0 Å². The number of hydrogen-bond donors (Lipinski definition) is 2. The molecule has 6 nitrogen and oxygen atoms in total. The van der Waals surface area contributed by atoms with Crippen molar-refractivity contribution in [3.05, 3.63) is 69.9 Å². The molecule has 8 heteroatoms. The molecule has 0 fully saturated rings. The molecule has 158 valence electrons. The molecular formula is C22H26N4O2S2. The second-order valence-electron chi connectivity index (χ2n) is 6.74. The summed E-state index contributed by atoms with van der Waals surface area (Å²) < 4.78 is 7.13. The topological polar surface area (TPSA) is 68.2 Å². The van der Waals surface area contributed by atoms with Crippen LogP contribution in [-0.2, 0) is 24.2 Å². The lowest BCUT2D eigenvalue weighted by molar-refractivity contribution is 0.0528. The lowest BCUT2D eigenvalue weighted by atomic mass is 10.1. The van der Waals surface area contributed by atoms with Crippen molar-refractivity contribution in [1.82, 2.24) is 15.1 Å². The predicted octanol–water partition coefficient (Wildman–Crippen LogP) is 4.53. The van der Waals surface area contributed by atoms with Gasteiger partial charge in [0.25, 0.3) is 0 Å². The fourth-order valence-corrected chi connectivity index (χ4v) is 4.32. The minimum Gasteiger partial charge on any atom is -0.462 e. The molecule has 0 aliphatic carbocycles. The quantitative estimate of drug-likeness (QED) is 0.395. The van der Waals surface area contributed by atoms with E-state index in [0.29, 0.717) is 28.8 Å². The van der Waals surface area contributed by atoms with Crippen LogP contribution in [0.3, 0.4) is 0 Å². The number of carbonyl (C=O) groups excluding carboxylic acids is 1. The Morgan fingerprint density at radius 2 is 2.03 bits per heavy atom. The zero-order chi connectivity index (χ0) is 21.5. The lowest BCUT2D eigenvalue weighted by Gasteiger charge is -2.10. The Morgan fingerprint density at radius 1 is 1.27 bits per heavy atom. The van der Waals surface area contributed by atoms with E-state index in [4.69, 9.17) is 17.0 Å². The largest absolute Gasteiger partial charge is 0.462 e. The summed E-state index contributed by atoms with van der Waals surface area (Å²) in [5.41, 5.74) is 3.75. The van der Waals surface area contributed by atoms with Gasteiger partial charge in [0.05, 0.1) is 17.9 Å². The van der Waals surface area contributed by atoms with Crippen LogP contribution in [-0.4, -0.2) is 27.5 Å². The van der Waals surface area contributed by atoms with Crippen LogP contribution in [0.15, 0.2) is 42.6 Å². The molecule has 0 aliphatic heterocycles. The summed E-state index contributed by atoms with van der Waals surface area (Å²) in [5.74, 6) is -0.349. The molecular weight excluding hydrogens is 416 g/mol. The molecule has 30 heavy (non-hydrogen) atoms. The van der Waals surface area contributed by atoms with Crippen molar-refractivity contribution >= 4 is 39.6 Å². The number of aromatic nitrogens is 2. The summed E-state index contributed by atoms with van der Waals surface area (Å²) in [4.78, 5) is 13.5. The molecule has 0 unspecified atom stereocenters. The Labute approximate surface area is 186 Å². The summed E-state index contributed by atoms with van der Waals surface area (Å²) in [5, 5.41) is 12.0. The summed E-state index contributed by atoms with van der Waals surface area (Å²) in [6.07, 6.45) is 2.76. The minimum atomic E-state index is -0.349. The molecule has 0 amide bonds. The lowest BCUT2D eigenvalue weighted by Crippen LogP contribution is -2.28. The third-order valence-corrected chi connectivity index (χ3v) is 5.83. The number of thiocarbonyl (C=S) groups is 1. The fraction of sp³-hybridized carbons (Fsp3) is 0.318. The first-order chi connectivity index (χ1) is 14.5. The monoisotopic (exact) mass is 442 g/mol. The second-order valence-corrected chi connectivity index (χ2v) is 8.29. The number of ether oxygens (including phenoxy) is 1. The zero-order valence-electron chi connectivity index (χ0n) is 17.4. The maximum atomic E-state index is 12.4. The number of rotatable bonds is 8. The van der Waals surface area contributed by atoms with Crippen LogP contribution < -0.4 is 10.6 Å². The number of anilines is 1. The van der Waals surface area contributed by atoms with E-state index in [2.05, 4.69) is 34.8 Å². The average molecular weight is 443 g/mol. The van der Waals surface area contributed by atoms with Gasteiger partial charge in [0.2, 0.25) is 0 Å². The predicted molar refractivity (Wildman–Crippen MR) is 125 cm³/mol. The van der Waals surface area contributed by atoms with Gasteiger partial charge in [-0.3, -0.25) is 4.68 Å². The van der Waals surface area contributed by atoms with Gasteiger partial charge in [-0.15, -0.1) is 11.3 Å². The molecule has 0 saturated carbocycles. The van der Waals surface area contributed by atoms with Crippen LogP contribution in [0.4, 0.5) is 5.00 Å². The number of aryl methyl sites for hydroxylation is 2. The highest BCUT2D eigenvalue weighted by Gasteiger charge is 2.18. The molecule has 3 aromatic rings. The van der Waals surface area contributed by atoms with Gasteiger partial charge < -0.3 is 15.4 Å². The summed E-state index contributed by atoms with van der Waals surface area (Å²) in [7, 11) is 0. The van der Waals surface area contributed by atoms with Crippen molar-refractivity contribution in [2.75, 3.05) is 11.9 Å². The molecule has 0 bridgehead atoms. The van der Waals surface area contributed by atoms with E-state index >= 15 is 0 Å². The highest BCUT2D eigenvalue weighted by molar-refractivity contribution is 7.80. The molecule has 0 spiro atoms. The first-order valence-electron chi connectivity index (χ1n) is 9.91. The van der Waals surface area contributed by atoms with Gasteiger partial charge >= 0.3 is 5.97 Å². The second kappa shape index (κ2) is 10.4. The number of carbonyl (C=O) groups is 1. The molecule has 2 N–H and O–H groups in total. The van der Waals surface area contributed by atoms with Crippen molar-refractivity contribution in [3.8, 4) is 0 Å². The Kier molecular flexibility index (Phi) is 7.59. The molecule has 0 saturated heterocycles. The van der Waals surface area contributed by atoms with Crippen LogP contribution in [0.2, 0.25) is 0 Å². The van der Waals surface area contributed by atoms with Gasteiger partial charge in [-0.1, -0.05) is 30.3 Å². The minimum absolute atomic E-state index is 0.325. The number of nitrogens with one attached hydrogen (secondary N) is 2. The Bertz CT molecular complexity index is 1010. The number of esters is 1. The fourth-order valence-electron chi connectivity index (χ4n) is 3.00. The molecule has 2 heterocycles. The Balaban J connectivity index is 1.71. The number of thiophene rings is 1. The zero-order valence-corrected chi connectivity index (χ0v) is 19.0. The van der Waals surface area contributed by atoms with E-state index in [1.54, 1.807) is 6.92 Å². The van der Waals surface area contributed by atoms with Crippen molar-refractivity contribution in [2.45, 2.75) is 40.3 Å². The van der Waals surface area contributed by atoms with E-state index < -0.39 is 0 Å². The van der Waals surface area contributed by atoms with Gasteiger partial charge in [0, 0.05) is 36.1 Å². The van der Waals surface area contributed by atoms with Gasteiger partial charge in [-0.25, -0.2) is 4.79 Å². The third-order valence-electron chi connectivity index (χ3n) is 4.54.